The van der Waals surface area contributed by atoms with Crippen molar-refractivity contribution in [3.63, 3.8) is 0 Å². The summed E-state index contributed by atoms with van der Waals surface area (Å²) in [6.45, 7) is 4.48. The number of piperazine rings is 1. The third-order valence-electron chi connectivity index (χ3n) is 6.16. The molecular weight excluding hydrogens is 522 g/mol. The fraction of sp³-hybridized carbons (Fsp3) is 0.333. The van der Waals surface area contributed by atoms with E-state index in [1.54, 1.807) is 23.4 Å². The molecule has 196 valence electrons. The van der Waals surface area contributed by atoms with Crippen molar-refractivity contribution in [3.05, 3.63) is 77.2 Å². The minimum Gasteiger partial charge on any atom is -0.353 e. The first-order valence-electron chi connectivity index (χ1n) is 12.3. The number of anilines is 1. The van der Waals surface area contributed by atoms with Crippen molar-refractivity contribution in [1.29, 1.82) is 5.26 Å². The van der Waals surface area contributed by atoms with E-state index in [1.165, 1.54) is 11.8 Å². The highest BCUT2D eigenvalue weighted by Crippen LogP contribution is 2.25. The van der Waals surface area contributed by atoms with Gasteiger partial charge in [-0.2, -0.15) is 5.26 Å². The average molecular weight is 550 g/mol. The van der Waals surface area contributed by atoms with E-state index >= 15 is 0 Å². The molecule has 4 rings (SSSR count). The molecule has 0 aliphatic carbocycles. The molecule has 9 nitrogen and oxygen atoms in total. The molecule has 0 radical (unpaired) electrons. The molecule has 2 amide bonds. The molecule has 1 saturated heterocycles. The van der Waals surface area contributed by atoms with Crippen molar-refractivity contribution >= 4 is 41.0 Å². The molecule has 2 aromatic heterocycles. The number of amides is 2. The third kappa shape index (κ3) is 7.21. The Balaban J connectivity index is 1.39. The zero-order valence-corrected chi connectivity index (χ0v) is 22.6. The quantitative estimate of drug-likeness (QED) is 0.225. The SMILES string of the molecule is CC1CN(c2cc(Cl)nc(SCC(=O)N(CCC#N)Cc3cccnc3)n2)CCN1C(=O)c1ccccc1. The first-order valence-corrected chi connectivity index (χ1v) is 13.6. The first-order chi connectivity index (χ1) is 18.4. The fourth-order valence-corrected chi connectivity index (χ4v) is 5.22. The topological polar surface area (TPSA) is 106 Å². The summed E-state index contributed by atoms with van der Waals surface area (Å²) < 4.78 is 0. The molecule has 11 heteroatoms. The summed E-state index contributed by atoms with van der Waals surface area (Å²) in [6, 6.07) is 16.8. The van der Waals surface area contributed by atoms with Gasteiger partial charge in [-0.1, -0.05) is 47.6 Å². The minimum atomic E-state index is -0.124. The maximum atomic E-state index is 13.0. The van der Waals surface area contributed by atoms with Crippen molar-refractivity contribution < 1.29 is 9.59 Å². The lowest BCUT2D eigenvalue weighted by Crippen LogP contribution is -2.54. The maximum Gasteiger partial charge on any atom is 0.254 e. The second-order valence-corrected chi connectivity index (χ2v) is 10.2. The number of benzene rings is 1. The number of carbonyl (C=O) groups excluding carboxylic acids is 2. The zero-order valence-electron chi connectivity index (χ0n) is 21.0. The standard InChI is InChI=1S/C27H28ClN7O2S/c1-20-17-33(13-14-35(20)26(37)22-8-3-2-4-9-22)24-15-23(28)31-27(32-24)38-19-25(36)34(12-6-10-29)18-21-7-5-11-30-16-21/h2-5,7-9,11,15-16,20H,6,12-14,17-19H2,1H3. The van der Waals surface area contributed by atoms with Crippen LogP contribution in [0.15, 0.2) is 66.1 Å². The van der Waals surface area contributed by atoms with Gasteiger partial charge in [0.05, 0.1) is 18.2 Å². The Morgan fingerprint density at radius 2 is 2.00 bits per heavy atom. The highest BCUT2D eigenvalue weighted by Gasteiger charge is 2.29. The van der Waals surface area contributed by atoms with E-state index in [4.69, 9.17) is 16.9 Å². The van der Waals surface area contributed by atoms with Gasteiger partial charge in [0.1, 0.15) is 11.0 Å². The molecule has 1 aliphatic rings. The fourth-order valence-electron chi connectivity index (χ4n) is 4.23. The first kappa shape index (κ1) is 27.4. The van der Waals surface area contributed by atoms with Crippen LogP contribution >= 0.6 is 23.4 Å². The lowest BCUT2D eigenvalue weighted by atomic mass is 10.1. The van der Waals surface area contributed by atoms with Crippen LogP contribution in [0.4, 0.5) is 5.82 Å². The summed E-state index contributed by atoms with van der Waals surface area (Å²) in [4.78, 5) is 44.6. The molecule has 3 heterocycles. The van der Waals surface area contributed by atoms with Crippen LogP contribution in [0.2, 0.25) is 5.15 Å². The Morgan fingerprint density at radius 3 is 2.71 bits per heavy atom. The molecule has 38 heavy (non-hydrogen) atoms. The monoisotopic (exact) mass is 549 g/mol. The molecular formula is C27H28ClN7O2S. The van der Waals surface area contributed by atoms with Gasteiger partial charge >= 0.3 is 0 Å². The van der Waals surface area contributed by atoms with Gasteiger partial charge in [0.2, 0.25) is 5.91 Å². The van der Waals surface area contributed by atoms with Crippen LogP contribution < -0.4 is 4.90 Å². The number of nitrogens with zero attached hydrogens (tertiary/aromatic N) is 7. The van der Waals surface area contributed by atoms with Crippen LogP contribution in [0.25, 0.3) is 0 Å². The number of aromatic nitrogens is 3. The molecule has 0 saturated carbocycles. The number of pyridine rings is 1. The lowest BCUT2D eigenvalue weighted by molar-refractivity contribution is -0.128. The summed E-state index contributed by atoms with van der Waals surface area (Å²) in [6.07, 6.45) is 3.63. The Labute approximate surface area is 231 Å². The van der Waals surface area contributed by atoms with E-state index in [9.17, 15) is 9.59 Å². The smallest absolute Gasteiger partial charge is 0.254 e. The molecule has 1 aliphatic heterocycles. The summed E-state index contributed by atoms with van der Waals surface area (Å²) in [5.74, 6) is 0.665. The van der Waals surface area contributed by atoms with Gasteiger partial charge in [0, 0.05) is 62.8 Å². The van der Waals surface area contributed by atoms with Crippen LogP contribution in [0, 0.1) is 11.3 Å². The minimum absolute atomic E-state index is 0.0143. The Kier molecular flexibility index (Phi) is 9.51. The second kappa shape index (κ2) is 13.2. The molecule has 1 atom stereocenters. The van der Waals surface area contributed by atoms with Crippen molar-refractivity contribution in [2.75, 3.05) is 36.8 Å². The average Bonchev–Trinajstić information content (AvgIpc) is 2.94. The maximum absolute atomic E-state index is 13.0. The molecule has 1 aromatic carbocycles. The number of hydrogen-bond acceptors (Lipinski definition) is 8. The number of halogens is 1. The number of rotatable bonds is 9. The van der Waals surface area contributed by atoms with E-state index in [0.29, 0.717) is 49.3 Å². The molecule has 1 unspecified atom stereocenters. The van der Waals surface area contributed by atoms with Gasteiger partial charge in [-0.25, -0.2) is 9.97 Å². The third-order valence-corrected chi connectivity index (χ3v) is 7.19. The van der Waals surface area contributed by atoms with E-state index < -0.39 is 0 Å². The van der Waals surface area contributed by atoms with E-state index in [0.717, 1.165) is 5.56 Å². The van der Waals surface area contributed by atoms with Crippen LogP contribution in [-0.4, -0.2) is 74.5 Å². The van der Waals surface area contributed by atoms with E-state index in [-0.39, 0.29) is 35.2 Å². The summed E-state index contributed by atoms with van der Waals surface area (Å²) in [5, 5.41) is 9.70. The van der Waals surface area contributed by atoms with Gasteiger partial charge in [-0.15, -0.1) is 0 Å². The van der Waals surface area contributed by atoms with Crippen molar-refractivity contribution in [1.82, 2.24) is 24.8 Å². The van der Waals surface area contributed by atoms with Gasteiger partial charge in [-0.3, -0.25) is 14.6 Å². The van der Waals surface area contributed by atoms with E-state index in [2.05, 4.69) is 25.9 Å². The van der Waals surface area contributed by atoms with Crippen molar-refractivity contribution in [2.24, 2.45) is 0 Å². The Bertz CT molecular complexity index is 1290. The summed E-state index contributed by atoms with van der Waals surface area (Å²) in [5.41, 5.74) is 1.57. The largest absolute Gasteiger partial charge is 0.353 e. The van der Waals surface area contributed by atoms with Gasteiger partial charge in [0.15, 0.2) is 5.16 Å². The predicted octanol–water partition coefficient (Wildman–Crippen LogP) is 3.91. The number of thioether (sulfide) groups is 1. The number of carbonyl (C=O) groups is 2. The van der Waals surface area contributed by atoms with Gasteiger partial charge in [0.25, 0.3) is 5.91 Å². The highest BCUT2D eigenvalue weighted by atomic mass is 35.5. The number of hydrogen-bond donors (Lipinski definition) is 0. The Hall–Kier alpha value is -3.68. The van der Waals surface area contributed by atoms with Gasteiger partial charge < -0.3 is 14.7 Å². The normalized spacial score (nSPS) is 15.1. The highest BCUT2D eigenvalue weighted by molar-refractivity contribution is 7.99. The number of nitriles is 1. The van der Waals surface area contributed by atoms with Gasteiger partial charge in [-0.05, 0) is 30.7 Å². The van der Waals surface area contributed by atoms with Crippen LogP contribution in [0.1, 0.15) is 29.3 Å². The van der Waals surface area contributed by atoms with Crippen LogP contribution in [-0.2, 0) is 11.3 Å². The summed E-state index contributed by atoms with van der Waals surface area (Å²) in [7, 11) is 0. The molecule has 3 aromatic rings. The summed E-state index contributed by atoms with van der Waals surface area (Å²) >= 11 is 7.53. The predicted molar refractivity (Wildman–Crippen MR) is 147 cm³/mol. The van der Waals surface area contributed by atoms with Crippen molar-refractivity contribution in [2.45, 2.75) is 31.1 Å². The molecule has 0 bridgehead atoms. The zero-order chi connectivity index (χ0) is 26.9. The Morgan fingerprint density at radius 1 is 1.18 bits per heavy atom. The molecule has 0 spiro atoms. The lowest BCUT2D eigenvalue weighted by Gasteiger charge is -2.40. The van der Waals surface area contributed by atoms with E-state index in [1.807, 2.05) is 54.3 Å². The van der Waals surface area contributed by atoms with Crippen molar-refractivity contribution in [3.8, 4) is 6.07 Å². The van der Waals surface area contributed by atoms with Crippen LogP contribution in [0.5, 0.6) is 0 Å². The second-order valence-electron chi connectivity index (χ2n) is 8.86. The molecule has 1 fully saturated rings. The molecule has 0 N–H and O–H groups in total. The van der Waals surface area contributed by atoms with Crippen LogP contribution in [0.3, 0.4) is 0 Å².